The number of fused-ring (bicyclic) bond motifs is 3. The molecule has 0 aromatic heterocycles. The number of benzene rings is 2. The molecule has 2 aromatic carbocycles. The summed E-state index contributed by atoms with van der Waals surface area (Å²) in [7, 11) is 0. The third-order valence-corrected chi connectivity index (χ3v) is 3.34. The molecule has 1 atom stereocenters. The van der Waals surface area contributed by atoms with Crippen LogP contribution in [0, 0.1) is 0 Å². The second-order valence-electron chi connectivity index (χ2n) is 4.57. The topological polar surface area (TPSA) is 49.7 Å². The van der Waals surface area contributed by atoms with Crippen LogP contribution >= 0.6 is 0 Å². The lowest BCUT2D eigenvalue weighted by molar-refractivity contribution is 0.0548. The quantitative estimate of drug-likeness (QED) is 0.744. The fourth-order valence-electron chi connectivity index (χ4n) is 2.40. The van der Waals surface area contributed by atoms with E-state index >= 15 is 0 Å². The van der Waals surface area contributed by atoms with Gasteiger partial charge in [-0.15, -0.1) is 0 Å². The molecule has 0 amide bonds. The Balaban J connectivity index is 2.26. The zero-order valence-corrected chi connectivity index (χ0v) is 10.1. The first-order valence-electron chi connectivity index (χ1n) is 5.92. The zero-order chi connectivity index (χ0) is 12.7. The second kappa shape index (κ2) is 4.03. The van der Waals surface area contributed by atoms with Gasteiger partial charge in [0, 0.05) is 0 Å². The summed E-state index contributed by atoms with van der Waals surface area (Å²) in [4.78, 5) is 0. The number of rotatable bonds is 0. The normalized spacial score (nSPS) is 17.7. The lowest BCUT2D eigenvalue weighted by Crippen LogP contribution is -1.97. The van der Waals surface area contributed by atoms with Crippen LogP contribution < -0.4 is 0 Å². The van der Waals surface area contributed by atoms with E-state index in [1.165, 1.54) is 0 Å². The highest BCUT2D eigenvalue weighted by molar-refractivity contribution is 5.73. The van der Waals surface area contributed by atoms with Gasteiger partial charge in [-0.1, -0.05) is 12.1 Å². The third kappa shape index (κ3) is 1.73. The fourth-order valence-corrected chi connectivity index (χ4v) is 2.40. The van der Waals surface area contributed by atoms with E-state index in [2.05, 4.69) is 0 Å². The molecule has 18 heavy (non-hydrogen) atoms. The van der Waals surface area contributed by atoms with E-state index < -0.39 is 0 Å². The minimum absolute atomic E-state index is 0.0818. The molecule has 0 bridgehead atoms. The van der Waals surface area contributed by atoms with Crippen molar-refractivity contribution < 1.29 is 14.9 Å². The lowest BCUT2D eigenvalue weighted by atomic mass is 9.94. The minimum Gasteiger partial charge on any atom is -0.508 e. The van der Waals surface area contributed by atoms with Crippen molar-refractivity contribution in [3.8, 4) is 22.6 Å². The minimum atomic E-state index is -0.0818. The smallest absolute Gasteiger partial charge is 0.115 e. The molecule has 0 spiro atoms. The fraction of sp³-hybridized carbons (Fsp3) is 0.200. The molecule has 0 saturated heterocycles. The van der Waals surface area contributed by atoms with Gasteiger partial charge in [0.05, 0.1) is 12.7 Å². The van der Waals surface area contributed by atoms with E-state index in [1.54, 1.807) is 24.3 Å². The molecule has 0 radical (unpaired) electrons. The molecule has 0 fully saturated rings. The number of phenolic OH excluding ortho intramolecular Hbond substituents is 2. The summed E-state index contributed by atoms with van der Waals surface area (Å²) in [5, 5.41) is 19.1. The van der Waals surface area contributed by atoms with Crippen molar-refractivity contribution in [1.82, 2.24) is 0 Å². The van der Waals surface area contributed by atoms with Crippen LogP contribution in [0.15, 0.2) is 36.4 Å². The summed E-state index contributed by atoms with van der Waals surface area (Å²) in [6, 6.07) is 10.6. The van der Waals surface area contributed by atoms with Gasteiger partial charge in [0.25, 0.3) is 0 Å². The van der Waals surface area contributed by atoms with Crippen molar-refractivity contribution in [3.05, 3.63) is 47.5 Å². The van der Waals surface area contributed by atoms with Gasteiger partial charge >= 0.3 is 0 Å². The molecule has 3 heteroatoms. The van der Waals surface area contributed by atoms with E-state index in [9.17, 15) is 10.2 Å². The van der Waals surface area contributed by atoms with Gasteiger partial charge in [0.1, 0.15) is 11.5 Å². The number of hydrogen-bond donors (Lipinski definition) is 2. The lowest BCUT2D eigenvalue weighted by Gasteiger charge is -2.13. The van der Waals surface area contributed by atoms with Gasteiger partial charge < -0.3 is 14.9 Å². The van der Waals surface area contributed by atoms with Gasteiger partial charge in [0.15, 0.2) is 0 Å². The molecule has 1 heterocycles. The Morgan fingerprint density at radius 3 is 2.44 bits per heavy atom. The summed E-state index contributed by atoms with van der Waals surface area (Å²) in [5.74, 6) is 0.485. The summed E-state index contributed by atoms with van der Waals surface area (Å²) >= 11 is 0. The molecule has 3 rings (SSSR count). The SMILES string of the molecule is CC1OCc2cc(O)ccc2-c2ccc(O)cc21. The van der Waals surface area contributed by atoms with Crippen LogP contribution in [0.4, 0.5) is 0 Å². The maximum absolute atomic E-state index is 9.59. The Morgan fingerprint density at radius 1 is 1.00 bits per heavy atom. The van der Waals surface area contributed by atoms with Crippen molar-refractivity contribution in [2.45, 2.75) is 19.6 Å². The average molecular weight is 242 g/mol. The second-order valence-corrected chi connectivity index (χ2v) is 4.57. The molecule has 0 saturated carbocycles. The van der Waals surface area contributed by atoms with Gasteiger partial charge in [-0.3, -0.25) is 0 Å². The Hall–Kier alpha value is -2.00. The van der Waals surface area contributed by atoms with Crippen LogP contribution in [0.2, 0.25) is 0 Å². The van der Waals surface area contributed by atoms with Crippen molar-refractivity contribution in [2.75, 3.05) is 0 Å². The molecular weight excluding hydrogens is 228 g/mol. The van der Waals surface area contributed by atoms with Crippen LogP contribution in [0.5, 0.6) is 11.5 Å². The van der Waals surface area contributed by atoms with Crippen molar-refractivity contribution in [3.63, 3.8) is 0 Å². The van der Waals surface area contributed by atoms with Crippen LogP contribution in [0.1, 0.15) is 24.2 Å². The highest BCUT2D eigenvalue weighted by atomic mass is 16.5. The highest BCUT2D eigenvalue weighted by Crippen LogP contribution is 2.39. The first-order chi connectivity index (χ1) is 8.65. The van der Waals surface area contributed by atoms with Gasteiger partial charge in [0.2, 0.25) is 0 Å². The Labute approximate surface area is 105 Å². The zero-order valence-electron chi connectivity index (χ0n) is 10.1. The maximum Gasteiger partial charge on any atom is 0.115 e. The summed E-state index contributed by atoms with van der Waals surface area (Å²) < 4.78 is 5.74. The van der Waals surface area contributed by atoms with Crippen LogP contribution in [-0.4, -0.2) is 10.2 Å². The van der Waals surface area contributed by atoms with E-state index in [0.29, 0.717) is 6.61 Å². The molecule has 3 nitrogen and oxygen atoms in total. The summed E-state index contributed by atoms with van der Waals surface area (Å²) in [6.07, 6.45) is -0.0818. The number of hydrogen-bond acceptors (Lipinski definition) is 3. The molecule has 1 aliphatic rings. The van der Waals surface area contributed by atoms with Crippen LogP contribution in [-0.2, 0) is 11.3 Å². The maximum atomic E-state index is 9.59. The van der Waals surface area contributed by atoms with Gasteiger partial charge in [-0.25, -0.2) is 0 Å². The predicted molar refractivity (Wildman–Crippen MR) is 68.4 cm³/mol. The molecular formula is C15H14O3. The monoisotopic (exact) mass is 242 g/mol. The van der Waals surface area contributed by atoms with Gasteiger partial charge in [-0.05, 0) is 53.4 Å². The van der Waals surface area contributed by atoms with Crippen molar-refractivity contribution in [1.29, 1.82) is 0 Å². The first kappa shape index (κ1) is 11.1. The standard InChI is InChI=1S/C15H14O3/c1-9-15-7-12(17)3-5-14(15)13-4-2-11(16)6-10(13)8-18-9/h2-7,9,16-17H,8H2,1H3. The third-order valence-electron chi connectivity index (χ3n) is 3.34. The molecule has 2 aromatic rings. The van der Waals surface area contributed by atoms with Crippen molar-refractivity contribution >= 4 is 0 Å². The largest absolute Gasteiger partial charge is 0.508 e. The molecule has 1 aliphatic heterocycles. The van der Waals surface area contributed by atoms with Crippen molar-refractivity contribution in [2.24, 2.45) is 0 Å². The van der Waals surface area contributed by atoms with Crippen LogP contribution in [0.3, 0.4) is 0 Å². The van der Waals surface area contributed by atoms with Crippen LogP contribution in [0.25, 0.3) is 11.1 Å². The van der Waals surface area contributed by atoms with Gasteiger partial charge in [-0.2, -0.15) is 0 Å². The first-order valence-corrected chi connectivity index (χ1v) is 5.92. The summed E-state index contributed by atoms with van der Waals surface area (Å²) in [5.41, 5.74) is 4.03. The number of aromatic hydroxyl groups is 2. The van der Waals surface area contributed by atoms with E-state index in [-0.39, 0.29) is 17.6 Å². The van der Waals surface area contributed by atoms with E-state index in [1.807, 2.05) is 19.1 Å². The Bertz CT molecular complexity index is 605. The molecule has 1 unspecified atom stereocenters. The molecule has 2 N–H and O–H groups in total. The highest BCUT2D eigenvalue weighted by Gasteiger charge is 2.20. The molecule has 92 valence electrons. The Morgan fingerprint density at radius 2 is 1.67 bits per heavy atom. The van der Waals surface area contributed by atoms with E-state index in [0.717, 1.165) is 22.3 Å². The average Bonchev–Trinajstić information content (AvgIpc) is 2.48. The summed E-state index contributed by atoms with van der Waals surface area (Å²) in [6.45, 7) is 2.42. The predicted octanol–water partition coefficient (Wildman–Crippen LogP) is 3.36. The number of ether oxygens (including phenoxy) is 1. The Kier molecular flexibility index (Phi) is 2.49. The van der Waals surface area contributed by atoms with E-state index in [4.69, 9.17) is 4.74 Å². The number of phenols is 2. The molecule has 0 aliphatic carbocycles.